The van der Waals surface area contributed by atoms with E-state index in [0.717, 1.165) is 11.3 Å². The smallest absolute Gasteiger partial charge is 0.264 e. The molecule has 26 heavy (non-hydrogen) atoms. The third kappa shape index (κ3) is 3.67. The number of aliphatic imine (C=N–C) groups is 1. The first kappa shape index (κ1) is 17.9. The number of benzene rings is 2. The highest BCUT2D eigenvalue weighted by molar-refractivity contribution is 8.18. The van der Waals surface area contributed by atoms with Gasteiger partial charge in [0.2, 0.25) is 5.75 Å². The Balaban J connectivity index is 1.91. The summed E-state index contributed by atoms with van der Waals surface area (Å²) in [4.78, 5) is 17.2. The maximum atomic E-state index is 12.2. The van der Waals surface area contributed by atoms with E-state index in [1.807, 2.05) is 31.2 Å². The molecule has 3 rings (SSSR count). The number of hydrogen-bond acceptors (Lipinski definition) is 6. The standard InChI is InChI=1S/C19H18N2O4S/c1-11-6-4-5-7-13(11)20-19-21-18(23)16(26-19)10-12-8-14(24-2)17(22)15(9-12)25-3/h4-10,22H,1-3H3,(H,20,21,23)/b16-10-. The van der Waals surface area contributed by atoms with Gasteiger partial charge in [0.25, 0.3) is 5.91 Å². The van der Waals surface area contributed by atoms with Gasteiger partial charge in [-0.05, 0) is 54.1 Å². The molecule has 0 spiro atoms. The van der Waals surface area contributed by atoms with Crippen molar-refractivity contribution in [1.29, 1.82) is 0 Å². The molecule has 1 aliphatic rings. The van der Waals surface area contributed by atoms with E-state index in [-0.39, 0.29) is 23.2 Å². The van der Waals surface area contributed by atoms with Gasteiger partial charge in [0, 0.05) is 0 Å². The third-order valence-electron chi connectivity index (χ3n) is 3.79. The summed E-state index contributed by atoms with van der Waals surface area (Å²) in [6.07, 6.45) is 1.70. The number of nitrogens with zero attached hydrogens (tertiary/aromatic N) is 1. The average Bonchev–Trinajstić information content (AvgIpc) is 2.97. The quantitative estimate of drug-likeness (QED) is 0.804. The number of ether oxygens (including phenoxy) is 2. The summed E-state index contributed by atoms with van der Waals surface area (Å²) in [5.74, 6) is 0.234. The Bertz CT molecular complexity index is 897. The van der Waals surface area contributed by atoms with E-state index in [1.54, 1.807) is 18.2 Å². The Labute approximate surface area is 155 Å². The summed E-state index contributed by atoms with van der Waals surface area (Å²) in [6, 6.07) is 11.0. The van der Waals surface area contributed by atoms with Crippen LogP contribution in [0.15, 0.2) is 46.3 Å². The largest absolute Gasteiger partial charge is 0.502 e. The lowest BCUT2D eigenvalue weighted by atomic mass is 10.1. The van der Waals surface area contributed by atoms with Gasteiger partial charge < -0.3 is 19.9 Å². The van der Waals surface area contributed by atoms with E-state index in [9.17, 15) is 9.90 Å². The van der Waals surface area contributed by atoms with Crippen LogP contribution < -0.4 is 14.8 Å². The number of para-hydroxylation sites is 1. The zero-order valence-corrected chi connectivity index (χ0v) is 15.4. The normalized spacial score (nSPS) is 16.8. The molecule has 2 N–H and O–H groups in total. The molecule has 2 aromatic carbocycles. The van der Waals surface area contributed by atoms with Crippen LogP contribution in [0.25, 0.3) is 6.08 Å². The number of amides is 1. The molecular weight excluding hydrogens is 352 g/mol. The fourth-order valence-corrected chi connectivity index (χ4v) is 3.26. The minimum Gasteiger partial charge on any atom is -0.502 e. The fraction of sp³-hybridized carbons (Fsp3) is 0.158. The number of carbonyl (C=O) groups excluding carboxylic acids is 1. The van der Waals surface area contributed by atoms with Gasteiger partial charge in [-0.25, -0.2) is 4.99 Å². The number of aryl methyl sites for hydroxylation is 1. The number of aromatic hydroxyl groups is 1. The maximum absolute atomic E-state index is 12.2. The number of amidine groups is 1. The van der Waals surface area contributed by atoms with Crippen molar-refractivity contribution in [2.24, 2.45) is 4.99 Å². The van der Waals surface area contributed by atoms with Crippen LogP contribution in [0, 0.1) is 6.92 Å². The molecule has 7 heteroatoms. The lowest BCUT2D eigenvalue weighted by molar-refractivity contribution is -0.115. The molecule has 1 heterocycles. The second kappa shape index (κ2) is 7.53. The van der Waals surface area contributed by atoms with Gasteiger partial charge in [-0.2, -0.15) is 0 Å². The minimum absolute atomic E-state index is 0.0810. The van der Waals surface area contributed by atoms with Crippen LogP contribution in [-0.2, 0) is 4.79 Å². The van der Waals surface area contributed by atoms with Crippen molar-refractivity contribution in [3.8, 4) is 17.2 Å². The van der Waals surface area contributed by atoms with Gasteiger partial charge in [-0.1, -0.05) is 18.2 Å². The maximum Gasteiger partial charge on any atom is 0.264 e. The first-order valence-corrected chi connectivity index (χ1v) is 8.63. The number of phenols is 1. The Kier molecular flexibility index (Phi) is 5.18. The fourth-order valence-electron chi connectivity index (χ4n) is 2.43. The van der Waals surface area contributed by atoms with Crippen LogP contribution >= 0.6 is 11.8 Å². The van der Waals surface area contributed by atoms with E-state index in [2.05, 4.69) is 10.3 Å². The van der Waals surface area contributed by atoms with E-state index in [4.69, 9.17) is 9.47 Å². The first-order valence-electron chi connectivity index (χ1n) is 7.82. The summed E-state index contributed by atoms with van der Waals surface area (Å²) in [6.45, 7) is 1.96. The predicted molar refractivity (Wildman–Crippen MR) is 103 cm³/mol. The van der Waals surface area contributed by atoms with Gasteiger partial charge in [0.15, 0.2) is 16.7 Å². The Hall–Kier alpha value is -2.93. The van der Waals surface area contributed by atoms with E-state index >= 15 is 0 Å². The third-order valence-corrected chi connectivity index (χ3v) is 4.70. The number of hydrogen-bond donors (Lipinski definition) is 2. The molecule has 0 atom stereocenters. The summed E-state index contributed by atoms with van der Waals surface area (Å²) in [5, 5.41) is 13.3. The SMILES string of the molecule is COc1cc(/C=C2\SC(=Nc3ccccc3C)NC2=O)cc(OC)c1O. The molecule has 134 valence electrons. The highest BCUT2D eigenvalue weighted by atomic mass is 32.2. The molecule has 0 bridgehead atoms. The molecule has 1 saturated heterocycles. The zero-order chi connectivity index (χ0) is 18.7. The number of nitrogens with one attached hydrogen (secondary N) is 1. The minimum atomic E-state index is -0.228. The van der Waals surface area contributed by atoms with Crippen molar-refractivity contribution in [3.05, 3.63) is 52.4 Å². The summed E-state index contributed by atoms with van der Waals surface area (Å²) < 4.78 is 10.3. The van der Waals surface area contributed by atoms with Crippen LogP contribution in [0.1, 0.15) is 11.1 Å². The number of carbonyl (C=O) groups is 1. The molecule has 1 aliphatic heterocycles. The molecule has 0 aliphatic carbocycles. The number of methoxy groups -OCH3 is 2. The van der Waals surface area contributed by atoms with Crippen LogP contribution in [0.5, 0.6) is 17.2 Å². The predicted octanol–water partition coefficient (Wildman–Crippen LogP) is 3.61. The van der Waals surface area contributed by atoms with Gasteiger partial charge in [-0.15, -0.1) is 0 Å². The molecule has 0 radical (unpaired) electrons. The van der Waals surface area contributed by atoms with Crippen LogP contribution in [0.2, 0.25) is 0 Å². The van der Waals surface area contributed by atoms with E-state index in [1.165, 1.54) is 26.0 Å². The molecule has 1 fully saturated rings. The monoisotopic (exact) mass is 370 g/mol. The molecule has 2 aromatic rings. The van der Waals surface area contributed by atoms with E-state index in [0.29, 0.717) is 15.6 Å². The van der Waals surface area contributed by atoms with Gasteiger partial charge in [-0.3, -0.25) is 4.79 Å². The second-order valence-electron chi connectivity index (χ2n) is 5.54. The average molecular weight is 370 g/mol. The molecule has 6 nitrogen and oxygen atoms in total. The van der Waals surface area contributed by atoms with Gasteiger partial charge in [0.05, 0.1) is 24.8 Å². The Morgan fingerprint density at radius 3 is 2.42 bits per heavy atom. The summed E-state index contributed by atoms with van der Waals surface area (Å²) >= 11 is 1.25. The zero-order valence-electron chi connectivity index (χ0n) is 14.6. The number of rotatable bonds is 4. The lowest BCUT2D eigenvalue weighted by Crippen LogP contribution is -2.19. The van der Waals surface area contributed by atoms with Crippen molar-refractivity contribution in [2.75, 3.05) is 14.2 Å². The van der Waals surface area contributed by atoms with Crippen molar-refractivity contribution in [1.82, 2.24) is 5.32 Å². The van der Waals surface area contributed by atoms with Crippen LogP contribution in [0.4, 0.5) is 5.69 Å². The number of thioether (sulfide) groups is 1. The molecule has 1 amide bonds. The van der Waals surface area contributed by atoms with Crippen molar-refractivity contribution in [2.45, 2.75) is 6.92 Å². The molecule has 0 aromatic heterocycles. The van der Waals surface area contributed by atoms with Crippen molar-refractivity contribution < 1.29 is 19.4 Å². The summed E-state index contributed by atoms with van der Waals surface area (Å²) in [7, 11) is 2.91. The van der Waals surface area contributed by atoms with Gasteiger partial charge >= 0.3 is 0 Å². The highest BCUT2D eigenvalue weighted by Gasteiger charge is 2.24. The Morgan fingerprint density at radius 2 is 1.81 bits per heavy atom. The topological polar surface area (TPSA) is 80.2 Å². The molecular formula is C19H18N2O4S. The lowest BCUT2D eigenvalue weighted by Gasteiger charge is -2.09. The summed E-state index contributed by atoms with van der Waals surface area (Å²) in [5.41, 5.74) is 2.51. The highest BCUT2D eigenvalue weighted by Crippen LogP contribution is 2.38. The first-order chi connectivity index (χ1) is 12.5. The van der Waals surface area contributed by atoms with E-state index < -0.39 is 0 Å². The molecule has 0 unspecified atom stereocenters. The van der Waals surface area contributed by atoms with Crippen LogP contribution in [0.3, 0.4) is 0 Å². The van der Waals surface area contributed by atoms with Crippen molar-refractivity contribution in [3.63, 3.8) is 0 Å². The van der Waals surface area contributed by atoms with Crippen LogP contribution in [-0.4, -0.2) is 30.4 Å². The Morgan fingerprint density at radius 1 is 1.15 bits per heavy atom. The van der Waals surface area contributed by atoms with Gasteiger partial charge in [0.1, 0.15) is 0 Å². The van der Waals surface area contributed by atoms with Crippen molar-refractivity contribution >= 4 is 34.6 Å². The second-order valence-corrected chi connectivity index (χ2v) is 6.57. The number of phenolic OH excluding ortho intramolecular Hbond substituents is 1. The molecule has 0 saturated carbocycles.